The van der Waals surface area contributed by atoms with Gasteiger partial charge in [0, 0.05) is 23.9 Å². The summed E-state index contributed by atoms with van der Waals surface area (Å²) in [6, 6.07) is 27.0. The third kappa shape index (κ3) is 4.86. The van der Waals surface area contributed by atoms with Gasteiger partial charge in [-0.15, -0.1) is 0 Å². The molecule has 0 aliphatic rings. The number of aliphatic carboxylic acids is 1. The summed E-state index contributed by atoms with van der Waals surface area (Å²) in [5.74, 6) is -0.963. The molecular weight excluding hydrogens is 446 g/mol. The first-order valence-electron chi connectivity index (χ1n) is 11.8. The highest BCUT2D eigenvalue weighted by molar-refractivity contribution is 6.01. The number of allylic oxidation sites excluding steroid dienone is 1. The van der Waals surface area contributed by atoms with Crippen LogP contribution in [0.3, 0.4) is 0 Å². The molecule has 0 saturated heterocycles. The molecule has 5 nitrogen and oxygen atoms in total. The lowest BCUT2D eigenvalue weighted by Gasteiger charge is -2.17. The summed E-state index contributed by atoms with van der Waals surface area (Å²) in [6.45, 7) is 2.18. The fraction of sp³-hybridized carbons (Fsp3) is 0.0645. The van der Waals surface area contributed by atoms with Gasteiger partial charge in [0.2, 0.25) is 0 Å². The van der Waals surface area contributed by atoms with Gasteiger partial charge in [0.15, 0.2) is 0 Å². The Morgan fingerprint density at radius 1 is 0.889 bits per heavy atom. The number of hydrogen-bond donors (Lipinski definition) is 2. The minimum absolute atomic E-state index is 0.833. The molecule has 0 saturated carbocycles. The number of benzene rings is 3. The van der Waals surface area contributed by atoms with Crippen molar-refractivity contribution in [2.45, 2.75) is 13.3 Å². The number of carboxylic acids is 1. The maximum Gasteiger partial charge on any atom is 0.328 e. The summed E-state index contributed by atoms with van der Waals surface area (Å²) in [4.78, 5) is 15.1. The molecule has 2 heterocycles. The monoisotopic (exact) mass is 471 g/mol. The molecule has 0 atom stereocenters. The van der Waals surface area contributed by atoms with E-state index >= 15 is 0 Å². The van der Waals surface area contributed by atoms with Crippen molar-refractivity contribution in [2.75, 3.05) is 0 Å². The lowest BCUT2D eigenvalue weighted by molar-refractivity contribution is -0.131. The average molecular weight is 472 g/mol. The average Bonchev–Trinajstić information content (AvgIpc) is 3.39. The molecule has 36 heavy (non-hydrogen) atoms. The first-order chi connectivity index (χ1) is 17.6. The Labute approximate surface area is 209 Å². The molecule has 0 amide bonds. The maximum absolute atomic E-state index is 10.9. The smallest absolute Gasteiger partial charge is 0.328 e. The van der Waals surface area contributed by atoms with E-state index in [-0.39, 0.29) is 0 Å². The van der Waals surface area contributed by atoms with Gasteiger partial charge < -0.3 is 5.11 Å². The third-order valence-corrected chi connectivity index (χ3v) is 6.23. The van der Waals surface area contributed by atoms with Gasteiger partial charge in [-0.05, 0) is 87.4 Å². The highest BCUT2D eigenvalue weighted by Gasteiger charge is 2.15. The van der Waals surface area contributed by atoms with Crippen molar-refractivity contribution in [1.82, 2.24) is 15.2 Å². The predicted octanol–water partition coefficient (Wildman–Crippen LogP) is 7.09. The van der Waals surface area contributed by atoms with Crippen molar-refractivity contribution >= 4 is 34.1 Å². The Bertz CT molecular complexity index is 1580. The molecule has 5 rings (SSSR count). The summed E-state index contributed by atoms with van der Waals surface area (Å²) in [7, 11) is 0. The Kier molecular flexibility index (Phi) is 6.54. The van der Waals surface area contributed by atoms with Gasteiger partial charge in [0.25, 0.3) is 0 Å². The zero-order chi connectivity index (χ0) is 24.9. The second-order valence-electron chi connectivity index (χ2n) is 8.49. The van der Waals surface area contributed by atoms with Crippen LogP contribution < -0.4 is 0 Å². The summed E-state index contributed by atoms with van der Waals surface area (Å²) in [5, 5.41) is 17.2. The lowest BCUT2D eigenvalue weighted by atomic mass is 9.86. The molecule has 2 N–H and O–H groups in total. The number of carbonyl (C=O) groups is 1. The van der Waals surface area contributed by atoms with Crippen LogP contribution in [0.2, 0.25) is 0 Å². The fourth-order valence-corrected chi connectivity index (χ4v) is 4.50. The molecule has 0 radical (unpaired) electrons. The number of nitrogens with zero attached hydrogens (tertiary/aromatic N) is 2. The maximum atomic E-state index is 10.9. The van der Waals surface area contributed by atoms with Crippen LogP contribution in [0.5, 0.6) is 0 Å². The summed E-state index contributed by atoms with van der Waals surface area (Å²) in [5.41, 5.74) is 9.78. The minimum Gasteiger partial charge on any atom is -0.478 e. The van der Waals surface area contributed by atoms with E-state index in [0.717, 1.165) is 62.4 Å². The molecule has 0 fully saturated rings. The van der Waals surface area contributed by atoms with Crippen LogP contribution in [-0.2, 0) is 4.79 Å². The van der Waals surface area contributed by atoms with Crippen molar-refractivity contribution in [3.63, 3.8) is 0 Å². The number of carboxylic acid groups (broad SMARTS) is 1. The second kappa shape index (κ2) is 10.2. The van der Waals surface area contributed by atoms with E-state index in [4.69, 9.17) is 5.11 Å². The predicted molar refractivity (Wildman–Crippen MR) is 145 cm³/mol. The summed E-state index contributed by atoms with van der Waals surface area (Å²) < 4.78 is 0. The number of hydrogen-bond acceptors (Lipinski definition) is 3. The number of rotatable bonds is 7. The first kappa shape index (κ1) is 23.0. The molecule has 2 aromatic heterocycles. The minimum atomic E-state index is -0.963. The number of aromatic amines is 1. The van der Waals surface area contributed by atoms with Gasteiger partial charge in [-0.2, -0.15) is 5.10 Å². The first-order valence-corrected chi connectivity index (χ1v) is 11.8. The standard InChI is InChI=1S/C31H25N3O2/c1-2-28(25-5-3-4-24(18-25)22-14-16-32-17-15-22)31(26-11-12-29-27(19-26)20-33-34-29)23-9-6-21(7-10-23)8-13-30(35)36/h3-20H,2H2,1H3,(H,33,34)(H,35,36)/b13-8+,31-28+. The van der Waals surface area contributed by atoms with Crippen LogP contribution in [0, 0.1) is 0 Å². The van der Waals surface area contributed by atoms with Crippen LogP contribution in [-0.4, -0.2) is 26.3 Å². The fourth-order valence-electron chi connectivity index (χ4n) is 4.50. The van der Waals surface area contributed by atoms with Crippen LogP contribution in [0.1, 0.15) is 35.6 Å². The van der Waals surface area contributed by atoms with Gasteiger partial charge in [-0.25, -0.2) is 4.79 Å². The van der Waals surface area contributed by atoms with E-state index < -0.39 is 5.97 Å². The Hall–Kier alpha value is -4.77. The van der Waals surface area contributed by atoms with Crippen LogP contribution in [0.15, 0.2) is 104 Å². The highest BCUT2D eigenvalue weighted by Crippen LogP contribution is 2.36. The molecule has 3 aromatic carbocycles. The number of nitrogens with one attached hydrogen (secondary N) is 1. The summed E-state index contributed by atoms with van der Waals surface area (Å²) >= 11 is 0. The molecule has 5 aromatic rings. The normalized spacial score (nSPS) is 12.1. The quantitative estimate of drug-likeness (QED) is 0.196. The van der Waals surface area contributed by atoms with E-state index in [9.17, 15) is 4.79 Å². The van der Waals surface area contributed by atoms with Gasteiger partial charge in [0.05, 0.1) is 11.7 Å². The second-order valence-corrected chi connectivity index (χ2v) is 8.49. The SMILES string of the molecule is CC/C(=C(/c1ccc(/C=C/C(=O)O)cc1)c1ccc2[nH]ncc2c1)c1cccc(-c2ccncc2)c1. The van der Waals surface area contributed by atoms with Crippen molar-refractivity contribution in [3.8, 4) is 11.1 Å². The van der Waals surface area contributed by atoms with E-state index in [1.165, 1.54) is 5.57 Å². The van der Waals surface area contributed by atoms with Crippen LogP contribution in [0.4, 0.5) is 0 Å². The van der Waals surface area contributed by atoms with Crippen molar-refractivity contribution in [1.29, 1.82) is 0 Å². The zero-order valence-electron chi connectivity index (χ0n) is 19.8. The number of aromatic nitrogens is 3. The Balaban J connectivity index is 1.69. The topological polar surface area (TPSA) is 78.9 Å². The molecular formula is C31H25N3O2. The molecule has 0 bridgehead atoms. The van der Waals surface area contributed by atoms with Gasteiger partial charge >= 0.3 is 5.97 Å². The van der Waals surface area contributed by atoms with Crippen molar-refractivity contribution in [2.24, 2.45) is 0 Å². The van der Waals surface area contributed by atoms with Gasteiger partial charge in [-0.3, -0.25) is 10.1 Å². The van der Waals surface area contributed by atoms with Gasteiger partial charge in [-0.1, -0.05) is 55.5 Å². The molecule has 0 unspecified atom stereocenters. The number of fused-ring (bicyclic) bond motifs is 1. The van der Waals surface area contributed by atoms with Crippen LogP contribution >= 0.6 is 0 Å². The number of pyridine rings is 1. The molecule has 176 valence electrons. The molecule has 5 heteroatoms. The van der Waals surface area contributed by atoms with E-state index in [2.05, 4.69) is 76.7 Å². The lowest BCUT2D eigenvalue weighted by Crippen LogP contribution is -1.96. The Morgan fingerprint density at radius 2 is 1.67 bits per heavy atom. The van der Waals surface area contributed by atoms with Crippen LogP contribution in [0.25, 0.3) is 39.3 Å². The highest BCUT2D eigenvalue weighted by atomic mass is 16.4. The Morgan fingerprint density at radius 3 is 2.42 bits per heavy atom. The number of H-pyrrole nitrogens is 1. The largest absolute Gasteiger partial charge is 0.478 e. The van der Waals surface area contributed by atoms with E-state index in [0.29, 0.717) is 0 Å². The molecule has 0 aliphatic heterocycles. The van der Waals surface area contributed by atoms with Gasteiger partial charge in [0.1, 0.15) is 0 Å². The molecule has 0 aliphatic carbocycles. The zero-order valence-corrected chi connectivity index (χ0v) is 19.8. The van der Waals surface area contributed by atoms with E-state index in [1.54, 1.807) is 6.08 Å². The molecule has 0 spiro atoms. The summed E-state index contributed by atoms with van der Waals surface area (Å²) in [6.07, 6.45) is 9.05. The third-order valence-electron chi connectivity index (χ3n) is 6.23. The van der Waals surface area contributed by atoms with Crippen molar-refractivity contribution in [3.05, 3.63) is 126 Å². The van der Waals surface area contributed by atoms with Crippen molar-refractivity contribution < 1.29 is 9.90 Å². The van der Waals surface area contributed by atoms with E-state index in [1.807, 2.05) is 42.9 Å².